The van der Waals surface area contributed by atoms with E-state index in [1.807, 2.05) is 42.9 Å². The molecule has 8 aromatic carbocycles. The predicted octanol–water partition coefficient (Wildman–Crippen LogP) is 14.6. The normalized spacial score (nSPS) is 11.4. The van der Waals surface area contributed by atoms with Gasteiger partial charge in [-0.3, -0.25) is 9.97 Å². The molecule has 0 aliphatic carbocycles. The second kappa shape index (κ2) is 14.5. The van der Waals surface area contributed by atoms with Gasteiger partial charge in [-0.25, -0.2) is 4.98 Å². The highest BCUT2D eigenvalue weighted by molar-refractivity contribution is 6.08. The van der Waals surface area contributed by atoms with Gasteiger partial charge < -0.3 is 4.90 Å². The number of anilines is 3. The Bertz CT molecular complexity index is 3300. The lowest BCUT2D eigenvalue weighted by atomic mass is 9.97. The van der Waals surface area contributed by atoms with Gasteiger partial charge in [-0.15, -0.1) is 0 Å². The molecule has 276 valence electrons. The lowest BCUT2D eigenvalue weighted by Gasteiger charge is -2.26. The first-order valence-electron chi connectivity index (χ1n) is 19.9. The van der Waals surface area contributed by atoms with E-state index in [9.17, 15) is 0 Å². The second-order valence-electron chi connectivity index (χ2n) is 14.9. The Morgan fingerprint density at radius 2 is 0.949 bits per heavy atom. The summed E-state index contributed by atoms with van der Waals surface area (Å²) in [4.78, 5) is 16.5. The van der Waals surface area contributed by atoms with Crippen molar-refractivity contribution in [3.05, 3.63) is 219 Å². The van der Waals surface area contributed by atoms with Crippen molar-refractivity contribution < 1.29 is 0 Å². The first-order chi connectivity index (χ1) is 29.2. The first-order valence-corrected chi connectivity index (χ1v) is 19.9. The lowest BCUT2D eigenvalue weighted by molar-refractivity contribution is 1.28. The molecular formula is C55H36N4. The van der Waals surface area contributed by atoms with Gasteiger partial charge in [0.2, 0.25) is 0 Å². The van der Waals surface area contributed by atoms with Crippen LogP contribution in [0.15, 0.2) is 219 Å². The van der Waals surface area contributed by atoms with Gasteiger partial charge >= 0.3 is 0 Å². The van der Waals surface area contributed by atoms with Crippen molar-refractivity contribution in [2.45, 2.75) is 0 Å². The van der Waals surface area contributed by atoms with Crippen LogP contribution in [0.4, 0.5) is 17.1 Å². The smallest absolute Gasteiger partial charge is 0.0965 e. The Morgan fingerprint density at radius 1 is 0.356 bits per heavy atom. The van der Waals surface area contributed by atoms with Gasteiger partial charge in [0.05, 0.1) is 16.7 Å². The predicted molar refractivity (Wildman–Crippen MR) is 246 cm³/mol. The van der Waals surface area contributed by atoms with Crippen molar-refractivity contribution in [1.29, 1.82) is 0 Å². The summed E-state index contributed by atoms with van der Waals surface area (Å²) in [7, 11) is 0. The van der Waals surface area contributed by atoms with Crippen molar-refractivity contribution in [3.8, 4) is 44.6 Å². The maximum absolute atomic E-state index is 5.07. The zero-order valence-electron chi connectivity index (χ0n) is 32.1. The molecule has 0 atom stereocenters. The van der Waals surface area contributed by atoms with Crippen molar-refractivity contribution in [2.24, 2.45) is 0 Å². The summed E-state index contributed by atoms with van der Waals surface area (Å²) >= 11 is 0. The highest BCUT2D eigenvalue weighted by Crippen LogP contribution is 2.39. The minimum Gasteiger partial charge on any atom is -0.311 e. The summed E-state index contributed by atoms with van der Waals surface area (Å²) in [6.45, 7) is 0. The van der Waals surface area contributed by atoms with Crippen LogP contribution in [0, 0.1) is 0 Å². The number of hydrogen-bond donors (Lipinski definition) is 0. The van der Waals surface area contributed by atoms with Crippen LogP contribution in [0.1, 0.15) is 0 Å². The molecule has 3 heterocycles. The molecule has 0 amide bonds. The summed E-state index contributed by atoms with van der Waals surface area (Å²) in [5, 5.41) is 7.36. The fourth-order valence-electron chi connectivity index (χ4n) is 8.34. The van der Waals surface area contributed by atoms with Gasteiger partial charge in [-0.2, -0.15) is 0 Å². The van der Waals surface area contributed by atoms with E-state index in [1.165, 1.54) is 38.1 Å². The third-order valence-corrected chi connectivity index (χ3v) is 11.4. The number of rotatable bonds is 7. The molecule has 0 radical (unpaired) electrons. The van der Waals surface area contributed by atoms with E-state index in [0.717, 1.165) is 67.0 Å². The number of pyridine rings is 3. The number of hydrogen-bond acceptors (Lipinski definition) is 4. The molecule has 0 unspecified atom stereocenters. The molecule has 0 aliphatic heterocycles. The van der Waals surface area contributed by atoms with Gasteiger partial charge in [0, 0.05) is 52.2 Å². The quantitative estimate of drug-likeness (QED) is 0.152. The molecule has 3 aromatic heterocycles. The first kappa shape index (κ1) is 34.3. The van der Waals surface area contributed by atoms with Crippen LogP contribution in [0.5, 0.6) is 0 Å². The molecule has 0 saturated heterocycles. The maximum atomic E-state index is 5.07. The van der Waals surface area contributed by atoms with Gasteiger partial charge in [-0.05, 0) is 128 Å². The number of aromatic nitrogens is 3. The van der Waals surface area contributed by atoms with Gasteiger partial charge in [0.1, 0.15) is 0 Å². The van der Waals surface area contributed by atoms with Crippen LogP contribution in [0.3, 0.4) is 0 Å². The summed E-state index contributed by atoms with van der Waals surface area (Å²) in [6.07, 6.45) is 5.60. The zero-order chi connectivity index (χ0) is 39.1. The number of benzene rings is 8. The number of nitrogens with zero attached hydrogens (tertiary/aromatic N) is 4. The molecule has 11 aromatic rings. The molecular weight excluding hydrogens is 717 g/mol. The largest absolute Gasteiger partial charge is 0.311 e. The second-order valence-corrected chi connectivity index (χ2v) is 14.9. The summed E-state index contributed by atoms with van der Waals surface area (Å²) in [6, 6.07) is 71.5. The van der Waals surface area contributed by atoms with Crippen molar-refractivity contribution >= 4 is 60.4 Å². The van der Waals surface area contributed by atoms with Gasteiger partial charge in [0.15, 0.2) is 0 Å². The van der Waals surface area contributed by atoms with E-state index >= 15 is 0 Å². The molecule has 4 heteroatoms. The lowest BCUT2D eigenvalue weighted by Crippen LogP contribution is -2.09. The topological polar surface area (TPSA) is 41.9 Å². The fourth-order valence-corrected chi connectivity index (χ4v) is 8.34. The molecule has 0 N–H and O–H groups in total. The highest BCUT2D eigenvalue weighted by Gasteiger charge is 2.16. The molecule has 59 heavy (non-hydrogen) atoms. The van der Waals surface area contributed by atoms with E-state index in [4.69, 9.17) is 9.97 Å². The Hall–Kier alpha value is -7.95. The van der Waals surface area contributed by atoms with Crippen LogP contribution in [-0.2, 0) is 0 Å². The van der Waals surface area contributed by atoms with E-state index in [0.29, 0.717) is 0 Å². The minimum atomic E-state index is 0.872. The van der Waals surface area contributed by atoms with Crippen LogP contribution in [0.2, 0.25) is 0 Å². The molecule has 0 bridgehead atoms. The average Bonchev–Trinajstić information content (AvgIpc) is 3.32. The monoisotopic (exact) mass is 752 g/mol. The summed E-state index contributed by atoms with van der Waals surface area (Å²) in [5.74, 6) is 0. The Balaban J connectivity index is 0.973. The molecule has 11 rings (SSSR count). The molecule has 4 nitrogen and oxygen atoms in total. The Labute approximate surface area is 342 Å². The van der Waals surface area contributed by atoms with Gasteiger partial charge in [-0.1, -0.05) is 127 Å². The van der Waals surface area contributed by atoms with Crippen LogP contribution >= 0.6 is 0 Å². The van der Waals surface area contributed by atoms with Gasteiger partial charge in [0.25, 0.3) is 0 Å². The standard InChI is InChI=1S/C55H36N4/c1-2-7-40(8-3-1)52-35-54(58-53-11-6-31-57-55(52)53)42-20-27-49(28-21-42)59(47-23-16-37(17-24-47)43-14-12-39-30-32-56-36-46(39)34-43)48-25-18-38(19-26-48)44-22-29-51-45(33-44)15-13-41-9-4-5-10-50(41)51/h1-36H. The number of fused-ring (bicyclic) bond motifs is 5. The molecule has 0 aliphatic rings. The van der Waals surface area contributed by atoms with E-state index < -0.39 is 0 Å². The minimum absolute atomic E-state index is 0.872. The SMILES string of the molecule is c1ccc(-c2cc(-c3ccc(N(c4ccc(-c5ccc6ccncc6c5)cc4)c4ccc(-c5ccc6c(ccc7ccccc76)c5)cc4)cc3)nc3cccnc23)cc1. The molecule has 0 fully saturated rings. The Morgan fingerprint density at radius 3 is 1.69 bits per heavy atom. The van der Waals surface area contributed by atoms with Crippen molar-refractivity contribution in [2.75, 3.05) is 4.90 Å². The summed E-state index contributed by atoms with van der Waals surface area (Å²) < 4.78 is 0. The average molecular weight is 753 g/mol. The third-order valence-electron chi connectivity index (χ3n) is 11.4. The van der Waals surface area contributed by atoms with Crippen LogP contribution in [-0.4, -0.2) is 15.0 Å². The molecule has 0 saturated carbocycles. The fraction of sp³-hybridized carbons (Fsp3) is 0. The third kappa shape index (κ3) is 6.43. The van der Waals surface area contributed by atoms with Crippen LogP contribution in [0.25, 0.3) is 88.0 Å². The van der Waals surface area contributed by atoms with E-state index in [2.05, 4.69) is 186 Å². The summed E-state index contributed by atoms with van der Waals surface area (Å²) in [5.41, 5.74) is 13.8. The van der Waals surface area contributed by atoms with E-state index in [1.54, 1.807) is 0 Å². The zero-order valence-corrected chi connectivity index (χ0v) is 32.1. The van der Waals surface area contributed by atoms with Crippen molar-refractivity contribution in [1.82, 2.24) is 15.0 Å². The molecule has 0 spiro atoms. The Kier molecular flexibility index (Phi) is 8.45. The van der Waals surface area contributed by atoms with Crippen molar-refractivity contribution in [3.63, 3.8) is 0 Å². The maximum Gasteiger partial charge on any atom is 0.0965 e. The van der Waals surface area contributed by atoms with Crippen LogP contribution < -0.4 is 4.90 Å². The van der Waals surface area contributed by atoms with E-state index in [-0.39, 0.29) is 0 Å². The highest BCUT2D eigenvalue weighted by atomic mass is 15.1.